The molecular formula is C15H23BO4. The number of rotatable bonds is 6. The smallest absolute Gasteiger partial charge is 0.488 e. The second kappa shape index (κ2) is 8.30. The lowest BCUT2D eigenvalue weighted by molar-refractivity contribution is 0.0254. The van der Waals surface area contributed by atoms with E-state index >= 15 is 0 Å². The van der Waals surface area contributed by atoms with E-state index in [-0.39, 0.29) is 0 Å². The monoisotopic (exact) mass is 278 g/mol. The average molecular weight is 278 g/mol. The van der Waals surface area contributed by atoms with Crippen molar-refractivity contribution in [3.8, 4) is 5.75 Å². The van der Waals surface area contributed by atoms with Crippen LogP contribution in [0.1, 0.15) is 38.5 Å². The average Bonchev–Trinajstić information content (AvgIpc) is 2.73. The molecule has 1 aromatic carbocycles. The molecule has 0 saturated heterocycles. The molecule has 0 heterocycles. The fourth-order valence-corrected chi connectivity index (χ4v) is 2.52. The maximum absolute atomic E-state index is 8.99. The van der Waals surface area contributed by atoms with Crippen LogP contribution in [0.15, 0.2) is 24.3 Å². The summed E-state index contributed by atoms with van der Waals surface area (Å²) in [4.78, 5) is 0. The van der Waals surface area contributed by atoms with E-state index in [1.54, 1.807) is 24.3 Å². The first-order chi connectivity index (χ1) is 9.75. The molecule has 1 aliphatic rings. The maximum Gasteiger partial charge on any atom is 0.488 e. The quantitative estimate of drug-likeness (QED) is 0.470. The van der Waals surface area contributed by atoms with Gasteiger partial charge in [0.15, 0.2) is 0 Å². The van der Waals surface area contributed by atoms with Gasteiger partial charge < -0.3 is 19.5 Å². The van der Waals surface area contributed by atoms with Crippen molar-refractivity contribution < 1.29 is 19.5 Å². The summed E-state index contributed by atoms with van der Waals surface area (Å²) in [5, 5.41) is 18.0. The molecule has 0 atom stereocenters. The van der Waals surface area contributed by atoms with Gasteiger partial charge in [0.2, 0.25) is 0 Å². The summed E-state index contributed by atoms with van der Waals surface area (Å²) in [7, 11) is -1.43. The van der Waals surface area contributed by atoms with E-state index in [4.69, 9.17) is 19.5 Å². The molecule has 2 N–H and O–H groups in total. The molecule has 20 heavy (non-hydrogen) atoms. The largest absolute Gasteiger partial charge is 0.491 e. The molecule has 2 rings (SSSR count). The lowest BCUT2D eigenvalue weighted by Gasteiger charge is -2.15. The Morgan fingerprint density at radius 1 is 0.950 bits per heavy atom. The molecule has 110 valence electrons. The molecular weight excluding hydrogens is 255 g/mol. The molecule has 0 aliphatic heterocycles. The molecule has 4 nitrogen and oxygen atoms in total. The Labute approximate surface area is 120 Å². The van der Waals surface area contributed by atoms with Crippen molar-refractivity contribution in [3.63, 3.8) is 0 Å². The van der Waals surface area contributed by atoms with E-state index < -0.39 is 7.12 Å². The predicted octanol–water partition coefficient (Wildman–Crippen LogP) is 1.48. The summed E-state index contributed by atoms with van der Waals surface area (Å²) >= 11 is 0. The Kier molecular flexibility index (Phi) is 6.37. The molecule has 0 amide bonds. The van der Waals surface area contributed by atoms with Gasteiger partial charge in [-0.15, -0.1) is 0 Å². The molecule has 0 radical (unpaired) electrons. The van der Waals surface area contributed by atoms with Crippen LogP contribution in [0.2, 0.25) is 0 Å². The number of benzene rings is 1. The van der Waals surface area contributed by atoms with Gasteiger partial charge in [0.1, 0.15) is 12.4 Å². The van der Waals surface area contributed by atoms with Crippen LogP contribution in [0.4, 0.5) is 0 Å². The molecule has 1 fully saturated rings. The van der Waals surface area contributed by atoms with E-state index in [1.165, 1.54) is 38.5 Å². The second-order valence-corrected chi connectivity index (χ2v) is 5.28. The molecule has 5 heteroatoms. The lowest BCUT2D eigenvalue weighted by atomic mass is 9.80. The van der Waals surface area contributed by atoms with Crippen LogP contribution in [0, 0.1) is 0 Å². The fourth-order valence-electron chi connectivity index (χ4n) is 2.52. The third kappa shape index (κ3) is 5.15. The van der Waals surface area contributed by atoms with Gasteiger partial charge in [-0.3, -0.25) is 0 Å². The highest BCUT2D eigenvalue weighted by atomic mass is 16.5. The first kappa shape index (κ1) is 15.4. The summed E-state index contributed by atoms with van der Waals surface area (Å²) in [6, 6.07) is 6.76. The van der Waals surface area contributed by atoms with Crippen LogP contribution in [-0.4, -0.2) is 36.5 Å². The Morgan fingerprint density at radius 3 is 2.20 bits per heavy atom. The SMILES string of the molecule is OB(O)c1ccc(OCCOC2CCCCCC2)cc1. The Morgan fingerprint density at radius 2 is 1.60 bits per heavy atom. The van der Waals surface area contributed by atoms with Crippen LogP contribution in [0.25, 0.3) is 0 Å². The van der Waals surface area contributed by atoms with E-state index in [0.717, 1.165) is 5.75 Å². The van der Waals surface area contributed by atoms with Crippen LogP contribution < -0.4 is 10.2 Å². The zero-order chi connectivity index (χ0) is 14.2. The van der Waals surface area contributed by atoms with Crippen molar-refractivity contribution in [1.82, 2.24) is 0 Å². The summed E-state index contributed by atoms with van der Waals surface area (Å²) in [5.41, 5.74) is 0.465. The normalized spacial score (nSPS) is 16.7. The van der Waals surface area contributed by atoms with Crippen LogP contribution in [0.5, 0.6) is 5.75 Å². The van der Waals surface area contributed by atoms with Crippen molar-refractivity contribution in [1.29, 1.82) is 0 Å². The fraction of sp³-hybridized carbons (Fsp3) is 0.600. The van der Waals surface area contributed by atoms with Gasteiger partial charge in [-0.05, 0) is 30.4 Å². The molecule has 1 aliphatic carbocycles. The number of ether oxygens (including phenoxy) is 2. The zero-order valence-electron chi connectivity index (χ0n) is 11.8. The minimum atomic E-state index is -1.43. The zero-order valence-corrected chi connectivity index (χ0v) is 11.8. The standard InChI is InChI=1S/C15H23BO4/c17-16(18)13-7-9-15(10-8-13)20-12-11-19-14-5-3-1-2-4-6-14/h7-10,14,17-18H,1-6,11-12H2. The van der Waals surface area contributed by atoms with Gasteiger partial charge in [0.05, 0.1) is 12.7 Å². The van der Waals surface area contributed by atoms with E-state index in [0.29, 0.717) is 24.8 Å². The molecule has 1 saturated carbocycles. The second-order valence-electron chi connectivity index (χ2n) is 5.28. The summed E-state index contributed by atoms with van der Waals surface area (Å²) in [6.07, 6.45) is 7.95. The van der Waals surface area contributed by atoms with Gasteiger partial charge in [-0.1, -0.05) is 37.8 Å². The number of hydrogen-bond acceptors (Lipinski definition) is 4. The Bertz CT molecular complexity index is 372. The minimum absolute atomic E-state index is 0.396. The van der Waals surface area contributed by atoms with Crippen LogP contribution in [-0.2, 0) is 4.74 Å². The third-order valence-corrected chi connectivity index (χ3v) is 3.69. The predicted molar refractivity (Wildman–Crippen MR) is 79.2 cm³/mol. The summed E-state index contributed by atoms with van der Waals surface area (Å²) in [6.45, 7) is 1.13. The highest BCUT2D eigenvalue weighted by Gasteiger charge is 2.12. The van der Waals surface area contributed by atoms with Crippen molar-refractivity contribution in [2.75, 3.05) is 13.2 Å². The highest BCUT2D eigenvalue weighted by molar-refractivity contribution is 6.58. The molecule has 0 unspecified atom stereocenters. The molecule has 0 aromatic heterocycles. The molecule has 0 spiro atoms. The van der Waals surface area contributed by atoms with Crippen molar-refractivity contribution >= 4 is 12.6 Å². The minimum Gasteiger partial charge on any atom is -0.491 e. The van der Waals surface area contributed by atoms with Gasteiger partial charge in [-0.2, -0.15) is 0 Å². The van der Waals surface area contributed by atoms with Gasteiger partial charge in [-0.25, -0.2) is 0 Å². The summed E-state index contributed by atoms with van der Waals surface area (Å²) < 4.78 is 11.4. The van der Waals surface area contributed by atoms with E-state index in [1.807, 2.05) is 0 Å². The lowest BCUT2D eigenvalue weighted by Crippen LogP contribution is -2.29. The number of hydrogen-bond donors (Lipinski definition) is 2. The molecule has 0 bridgehead atoms. The first-order valence-corrected chi connectivity index (χ1v) is 7.46. The first-order valence-electron chi connectivity index (χ1n) is 7.46. The Hall–Kier alpha value is -1.04. The maximum atomic E-state index is 8.99. The van der Waals surface area contributed by atoms with Crippen molar-refractivity contribution in [2.24, 2.45) is 0 Å². The topological polar surface area (TPSA) is 58.9 Å². The third-order valence-electron chi connectivity index (χ3n) is 3.69. The van der Waals surface area contributed by atoms with Crippen LogP contribution in [0.3, 0.4) is 0 Å². The van der Waals surface area contributed by atoms with Gasteiger partial charge >= 0.3 is 7.12 Å². The van der Waals surface area contributed by atoms with Crippen LogP contribution >= 0.6 is 0 Å². The van der Waals surface area contributed by atoms with Crippen molar-refractivity contribution in [2.45, 2.75) is 44.6 Å². The highest BCUT2D eigenvalue weighted by Crippen LogP contribution is 2.19. The Balaban J connectivity index is 1.65. The van der Waals surface area contributed by atoms with Gasteiger partial charge in [0, 0.05) is 0 Å². The molecule has 1 aromatic rings. The van der Waals surface area contributed by atoms with E-state index in [2.05, 4.69) is 0 Å². The summed E-state index contributed by atoms with van der Waals surface area (Å²) in [5.74, 6) is 0.721. The van der Waals surface area contributed by atoms with E-state index in [9.17, 15) is 0 Å². The van der Waals surface area contributed by atoms with Crippen molar-refractivity contribution in [3.05, 3.63) is 24.3 Å². The van der Waals surface area contributed by atoms with Gasteiger partial charge in [0.25, 0.3) is 0 Å².